The summed E-state index contributed by atoms with van der Waals surface area (Å²) in [5.41, 5.74) is -0.0759. The largest absolute Gasteiger partial charge is 0.392 e. The number of thioether (sulfide) groups is 1. The summed E-state index contributed by atoms with van der Waals surface area (Å²) in [4.78, 5) is 29.5. The van der Waals surface area contributed by atoms with Gasteiger partial charge in [0, 0.05) is 9.89 Å². The van der Waals surface area contributed by atoms with Crippen LogP contribution >= 0.6 is 27.7 Å². The van der Waals surface area contributed by atoms with Gasteiger partial charge in [0.1, 0.15) is 5.78 Å². The van der Waals surface area contributed by atoms with Gasteiger partial charge in [0.05, 0.1) is 29.3 Å². The molecule has 1 aromatic carbocycles. The van der Waals surface area contributed by atoms with E-state index in [0.717, 1.165) is 4.47 Å². The molecule has 7 heteroatoms. The first-order chi connectivity index (χ1) is 11.1. The number of benzene rings is 1. The zero-order valence-electron chi connectivity index (χ0n) is 14.2. The second-order valence-corrected chi connectivity index (χ2v) is 8.64. The van der Waals surface area contributed by atoms with Gasteiger partial charge in [-0.1, -0.05) is 48.5 Å². The molecule has 24 heavy (non-hydrogen) atoms. The number of Topliss-reactive ketones (excluding diaryl/α,β-unsaturated/α-hetero) is 1. The maximum atomic E-state index is 12.8. The Hall–Kier alpha value is -1.18. The molecular formula is C17H21BrN2O3S. The van der Waals surface area contributed by atoms with E-state index >= 15 is 0 Å². The summed E-state index contributed by atoms with van der Waals surface area (Å²) in [5, 5.41) is 10.7. The Kier molecular flexibility index (Phi) is 5.88. The summed E-state index contributed by atoms with van der Waals surface area (Å²) in [5.74, 6) is 0.318. The van der Waals surface area contributed by atoms with Gasteiger partial charge in [0.25, 0.3) is 5.56 Å². The van der Waals surface area contributed by atoms with Crippen molar-refractivity contribution < 1.29 is 9.90 Å². The van der Waals surface area contributed by atoms with Crippen molar-refractivity contribution in [2.75, 3.05) is 5.75 Å². The minimum atomic E-state index is -0.688. The van der Waals surface area contributed by atoms with Crippen LogP contribution in [0.15, 0.2) is 32.6 Å². The summed E-state index contributed by atoms with van der Waals surface area (Å²) in [6.07, 6.45) is -0.688. The van der Waals surface area contributed by atoms with Gasteiger partial charge in [-0.3, -0.25) is 14.2 Å². The molecule has 0 bridgehead atoms. The first-order valence-electron chi connectivity index (χ1n) is 7.64. The van der Waals surface area contributed by atoms with Gasteiger partial charge in [0.2, 0.25) is 0 Å². The number of aliphatic hydroxyl groups excluding tert-OH is 1. The lowest BCUT2D eigenvalue weighted by molar-refractivity contribution is -0.123. The van der Waals surface area contributed by atoms with E-state index in [-0.39, 0.29) is 23.6 Å². The molecule has 0 aliphatic heterocycles. The van der Waals surface area contributed by atoms with Crippen LogP contribution in [0.3, 0.4) is 0 Å². The maximum absolute atomic E-state index is 12.8. The molecule has 1 aromatic heterocycles. The van der Waals surface area contributed by atoms with Crippen molar-refractivity contribution >= 4 is 44.4 Å². The summed E-state index contributed by atoms with van der Waals surface area (Å²) >= 11 is 4.59. The van der Waals surface area contributed by atoms with Crippen LogP contribution in [-0.4, -0.2) is 32.3 Å². The molecule has 0 aliphatic rings. The Morgan fingerprint density at radius 1 is 1.42 bits per heavy atom. The number of carbonyl (C=O) groups excluding carboxylic acids is 1. The first-order valence-corrected chi connectivity index (χ1v) is 9.41. The Bertz CT molecular complexity index is 825. The Balaban J connectivity index is 2.49. The third-order valence-corrected chi connectivity index (χ3v) is 4.97. The van der Waals surface area contributed by atoms with Gasteiger partial charge in [0.15, 0.2) is 5.16 Å². The fourth-order valence-electron chi connectivity index (χ4n) is 2.05. The highest BCUT2D eigenvalue weighted by Gasteiger charge is 2.22. The van der Waals surface area contributed by atoms with Crippen LogP contribution in [0.5, 0.6) is 0 Å². The minimum absolute atomic E-state index is 0.0845. The van der Waals surface area contributed by atoms with Gasteiger partial charge in [-0.15, -0.1) is 0 Å². The van der Waals surface area contributed by atoms with Gasteiger partial charge in [-0.05, 0) is 25.1 Å². The average molecular weight is 413 g/mol. The van der Waals surface area contributed by atoms with Crippen molar-refractivity contribution in [3.8, 4) is 0 Å². The molecule has 0 radical (unpaired) electrons. The van der Waals surface area contributed by atoms with E-state index in [1.807, 2.05) is 26.8 Å². The molecule has 2 aromatic rings. The lowest BCUT2D eigenvalue weighted by Gasteiger charge is -2.18. The lowest BCUT2D eigenvalue weighted by Crippen LogP contribution is -2.28. The Morgan fingerprint density at radius 2 is 2.08 bits per heavy atom. The molecular weight excluding hydrogens is 392 g/mol. The van der Waals surface area contributed by atoms with Gasteiger partial charge in [-0.25, -0.2) is 4.98 Å². The number of nitrogens with zero attached hydrogens (tertiary/aromatic N) is 2. The third-order valence-electron chi connectivity index (χ3n) is 3.50. The minimum Gasteiger partial charge on any atom is -0.392 e. The normalized spacial score (nSPS) is 13.2. The van der Waals surface area contributed by atoms with Crippen molar-refractivity contribution in [3.05, 3.63) is 33.0 Å². The fraction of sp³-hybridized carbons (Fsp3) is 0.471. The highest BCUT2D eigenvalue weighted by molar-refractivity contribution is 9.10. The molecule has 0 unspecified atom stereocenters. The monoisotopic (exact) mass is 412 g/mol. The van der Waals surface area contributed by atoms with Crippen molar-refractivity contribution in [2.24, 2.45) is 5.41 Å². The molecule has 5 nitrogen and oxygen atoms in total. The topological polar surface area (TPSA) is 72.2 Å². The zero-order valence-corrected chi connectivity index (χ0v) is 16.6. The van der Waals surface area contributed by atoms with E-state index in [1.165, 1.54) is 16.3 Å². The van der Waals surface area contributed by atoms with Crippen molar-refractivity contribution in [2.45, 2.75) is 45.5 Å². The standard InChI is InChI=1S/C17H21BrN2O3S/c1-10(21)8-20-15(23)12-7-11(18)5-6-13(12)19-16(20)24-9-14(22)17(2,3)4/h5-7,10,21H,8-9H2,1-4H3/t10-/m0/s1. The number of hydrogen-bond acceptors (Lipinski definition) is 5. The van der Waals surface area contributed by atoms with Crippen LogP contribution in [0.25, 0.3) is 10.9 Å². The van der Waals surface area contributed by atoms with Gasteiger partial charge in [-0.2, -0.15) is 0 Å². The molecule has 1 atom stereocenters. The first kappa shape index (κ1) is 19.1. The smallest absolute Gasteiger partial charge is 0.262 e. The zero-order chi connectivity index (χ0) is 18.1. The molecule has 0 saturated carbocycles. The average Bonchev–Trinajstić information content (AvgIpc) is 2.47. The van der Waals surface area contributed by atoms with Gasteiger partial charge < -0.3 is 5.11 Å². The Morgan fingerprint density at radius 3 is 2.67 bits per heavy atom. The molecule has 0 saturated heterocycles. The number of ketones is 1. The van der Waals surface area contributed by atoms with Crippen molar-refractivity contribution in [3.63, 3.8) is 0 Å². The summed E-state index contributed by atoms with van der Waals surface area (Å²) < 4.78 is 2.24. The number of aromatic nitrogens is 2. The highest BCUT2D eigenvalue weighted by atomic mass is 79.9. The van der Waals surface area contributed by atoms with Gasteiger partial charge >= 0.3 is 0 Å². The second kappa shape index (κ2) is 7.37. The number of rotatable bonds is 5. The van der Waals surface area contributed by atoms with E-state index in [0.29, 0.717) is 16.1 Å². The molecule has 0 aliphatic carbocycles. The number of hydrogen-bond donors (Lipinski definition) is 1. The fourth-order valence-corrected chi connectivity index (χ4v) is 3.59. The second-order valence-electron chi connectivity index (χ2n) is 6.78. The molecule has 0 fully saturated rings. The number of aliphatic hydroxyl groups is 1. The van der Waals surface area contributed by atoms with E-state index in [9.17, 15) is 14.7 Å². The quantitative estimate of drug-likeness (QED) is 0.602. The molecule has 1 heterocycles. The van der Waals surface area contributed by atoms with Crippen LogP contribution in [0.1, 0.15) is 27.7 Å². The SMILES string of the molecule is C[C@H](O)Cn1c(SCC(=O)C(C)(C)C)nc2ccc(Br)cc2c1=O. The van der Waals surface area contributed by atoms with E-state index in [1.54, 1.807) is 19.1 Å². The van der Waals surface area contributed by atoms with E-state index in [2.05, 4.69) is 20.9 Å². The van der Waals surface area contributed by atoms with Crippen LogP contribution in [0.2, 0.25) is 0 Å². The summed E-state index contributed by atoms with van der Waals surface area (Å²) in [6.45, 7) is 7.35. The maximum Gasteiger partial charge on any atom is 0.262 e. The molecule has 130 valence electrons. The highest BCUT2D eigenvalue weighted by Crippen LogP contribution is 2.24. The molecule has 0 amide bonds. The molecule has 1 N–H and O–H groups in total. The van der Waals surface area contributed by atoms with Crippen LogP contribution < -0.4 is 5.56 Å². The van der Waals surface area contributed by atoms with Crippen molar-refractivity contribution in [1.29, 1.82) is 0 Å². The van der Waals surface area contributed by atoms with Crippen LogP contribution in [-0.2, 0) is 11.3 Å². The molecule has 2 rings (SSSR count). The van der Waals surface area contributed by atoms with Crippen LogP contribution in [0.4, 0.5) is 0 Å². The molecule has 0 spiro atoms. The Labute approximate surface area is 153 Å². The predicted octanol–water partition coefficient (Wildman–Crippen LogP) is 3.25. The third kappa shape index (κ3) is 4.46. The number of carbonyl (C=O) groups is 1. The van der Waals surface area contributed by atoms with E-state index in [4.69, 9.17) is 0 Å². The van der Waals surface area contributed by atoms with Crippen LogP contribution in [0, 0.1) is 5.41 Å². The summed E-state index contributed by atoms with van der Waals surface area (Å²) in [6, 6.07) is 5.31. The van der Waals surface area contributed by atoms with Crippen molar-refractivity contribution in [1.82, 2.24) is 9.55 Å². The summed E-state index contributed by atoms with van der Waals surface area (Å²) in [7, 11) is 0. The predicted molar refractivity (Wildman–Crippen MR) is 101 cm³/mol. The number of halogens is 1. The number of fused-ring (bicyclic) bond motifs is 1. The van der Waals surface area contributed by atoms with E-state index < -0.39 is 11.5 Å². The lowest BCUT2D eigenvalue weighted by atomic mass is 9.92.